The minimum Gasteiger partial charge on any atom is -0.324 e. The fraction of sp³-hybridized carbons (Fsp3) is 0.300. The van der Waals surface area contributed by atoms with Crippen molar-refractivity contribution in [2.45, 2.75) is 39.5 Å². The van der Waals surface area contributed by atoms with Gasteiger partial charge in [-0.05, 0) is 54.6 Å². The molecule has 0 radical (unpaired) electrons. The highest BCUT2D eigenvalue weighted by Crippen LogP contribution is 2.20. The molecule has 0 aliphatic heterocycles. The minimum atomic E-state index is -0.610. The third-order valence-corrected chi connectivity index (χ3v) is 5.41. The molecule has 2 heterocycles. The number of carbonyl (C=O) groups excluding carboxylic acids is 3. The molecule has 0 aliphatic rings. The van der Waals surface area contributed by atoms with Crippen molar-refractivity contribution in [2.75, 3.05) is 5.32 Å². The molecule has 1 amide bonds. The fourth-order valence-corrected chi connectivity index (χ4v) is 3.60. The molecular weight excluding hydrogens is 409 g/mol. The Balaban J connectivity index is 1.50. The van der Waals surface area contributed by atoms with Crippen LogP contribution in [-0.4, -0.2) is 37.7 Å². The normalized spacial score (nSPS) is 10.8. The van der Waals surface area contributed by atoms with E-state index in [1.54, 1.807) is 13.0 Å². The van der Waals surface area contributed by atoms with Gasteiger partial charge < -0.3 is 5.32 Å². The Bertz CT molecular complexity index is 1090. The van der Waals surface area contributed by atoms with E-state index in [1.807, 2.05) is 13.0 Å². The van der Waals surface area contributed by atoms with Crippen molar-refractivity contribution in [3.8, 4) is 5.69 Å². The molecule has 3 aromatic rings. The number of aromatic nitrogens is 4. The number of ketones is 2. The predicted molar refractivity (Wildman–Crippen MR) is 109 cm³/mol. The summed E-state index contributed by atoms with van der Waals surface area (Å²) in [7, 11) is 0. The number of halogens is 1. The zero-order chi connectivity index (χ0) is 21.7. The van der Waals surface area contributed by atoms with Gasteiger partial charge in [0.15, 0.2) is 11.6 Å². The Kier molecular flexibility index (Phi) is 6.78. The Labute approximate surface area is 176 Å². The van der Waals surface area contributed by atoms with Crippen LogP contribution in [0.2, 0.25) is 0 Å². The van der Waals surface area contributed by atoms with Gasteiger partial charge in [0.1, 0.15) is 11.6 Å². The number of carbonyl (C=O) groups is 3. The predicted octanol–water partition coefficient (Wildman–Crippen LogP) is 3.43. The van der Waals surface area contributed by atoms with Gasteiger partial charge in [0.2, 0.25) is 5.91 Å². The molecule has 0 saturated heterocycles. The molecule has 1 aromatic carbocycles. The van der Waals surface area contributed by atoms with E-state index in [-0.39, 0.29) is 42.9 Å². The zero-order valence-corrected chi connectivity index (χ0v) is 17.3. The Morgan fingerprint density at radius 2 is 1.83 bits per heavy atom. The first-order valence-electron chi connectivity index (χ1n) is 9.29. The van der Waals surface area contributed by atoms with Gasteiger partial charge >= 0.3 is 0 Å². The standard InChI is InChI=1S/C20H20FN5O3S/c1-12-3-9-19(30-12)18(28)8-5-15(27)6-10-20(29)22-17-11-14(4-7-16(17)21)26-13(2)23-24-25-26/h3-4,7,9,11H,5-6,8,10H2,1-2H3,(H,22,29). The lowest BCUT2D eigenvalue weighted by Gasteiger charge is -2.09. The van der Waals surface area contributed by atoms with Gasteiger partial charge in [-0.15, -0.1) is 16.4 Å². The molecule has 10 heteroatoms. The van der Waals surface area contributed by atoms with E-state index in [4.69, 9.17) is 0 Å². The topological polar surface area (TPSA) is 107 Å². The number of nitrogens with zero attached hydrogens (tertiary/aromatic N) is 4. The number of aryl methyl sites for hydroxylation is 2. The molecule has 0 atom stereocenters. The first kappa shape index (κ1) is 21.4. The van der Waals surface area contributed by atoms with E-state index < -0.39 is 11.7 Å². The SMILES string of the molecule is Cc1ccc(C(=O)CCC(=O)CCC(=O)Nc2cc(-n3nnnc3C)ccc2F)s1. The maximum Gasteiger partial charge on any atom is 0.224 e. The highest BCUT2D eigenvalue weighted by Gasteiger charge is 2.14. The number of thiophene rings is 1. The number of benzene rings is 1. The van der Waals surface area contributed by atoms with Crippen molar-refractivity contribution in [3.05, 3.63) is 51.7 Å². The van der Waals surface area contributed by atoms with Gasteiger partial charge in [0.05, 0.1) is 16.3 Å². The van der Waals surface area contributed by atoms with Crippen molar-refractivity contribution < 1.29 is 18.8 Å². The van der Waals surface area contributed by atoms with Gasteiger partial charge in [-0.1, -0.05) is 0 Å². The van der Waals surface area contributed by atoms with Crippen molar-refractivity contribution >= 4 is 34.5 Å². The van der Waals surface area contributed by atoms with Crippen molar-refractivity contribution in [1.29, 1.82) is 0 Å². The largest absolute Gasteiger partial charge is 0.324 e. The summed E-state index contributed by atoms with van der Waals surface area (Å²) in [6.07, 6.45) is 0.0720. The number of hydrogen-bond donors (Lipinski definition) is 1. The van der Waals surface area contributed by atoms with Crippen molar-refractivity contribution in [3.63, 3.8) is 0 Å². The number of rotatable bonds is 9. The molecule has 1 N–H and O–H groups in total. The molecule has 2 aromatic heterocycles. The van der Waals surface area contributed by atoms with E-state index >= 15 is 0 Å². The maximum absolute atomic E-state index is 14.1. The molecule has 3 rings (SSSR count). The molecule has 0 spiro atoms. The number of Topliss-reactive ketones (excluding diaryl/α,β-unsaturated/α-hetero) is 2. The van der Waals surface area contributed by atoms with Crippen LogP contribution < -0.4 is 5.32 Å². The quantitative estimate of drug-likeness (QED) is 0.522. The van der Waals surface area contributed by atoms with Gasteiger partial charge in [-0.2, -0.15) is 4.68 Å². The summed E-state index contributed by atoms with van der Waals surface area (Å²) < 4.78 is 15.5. The Morgan fingerprint density at radius 1 is 1.07 bits per heavy atom. The number of hydrogen-bond acceptors (Lipinski definition) is 7. The maximum atomic E-state index is 14.1. The van der Waals surface area contributed by atoms with E-state index in [9.17, 15) is 18.8 Å². The van der Waals surface area contributed by atoms with Crippen LogP contribution in [0.1, 0.15) is 46.1 Å². The van der Waals surface area contributed by atoms with Crippen molar-refractivity contribution in [1.82, 2.24) is 20.2 Å². The molecule has 156 valence electrons. The average Bonchev–Trinajstić information content (AvgIpc) is 3.34. The highest BCUT2D eigenvalue weighted by atomic mass is 32.1. The molecule has 8 nitrogen and oxygen atoms in total. The number of amides is 1. The van der Waals surface area contributed by atoms with Crippen LogP contribution in [-0.2, 0) is 9.59 Å². The van der Waals surface area contributed by atoms with E-state index in [0.29, 0.717) is 16.4 Å². The second-order valence-corrected chi connectivity index (χ2v) is 8.01. The van der Waals surface area contributed by atoms with Crippen LogP contribution in [0, 0.1) is 19.7 Å². The average molecular weight is 429 g/mol. The number of nitrogens with one attached hydrogen (secondary N) is 1. The molecule has 0 bridgehead atoms. The van der Waals surface area contributed by atoms with Gasteiger partial charge in [0, 0.05) is 30.6 Å². The first-order valence-corrected chi connectivity index (χ1v) is 10.1. The van der Waals surface area contributed by atoms with Crippen LogP contribution in [0.25, 0.3) is 5.69 Å². The van der Waals surface area contributed by atoms with Crippen molar-refractivity contribution in [2.24, 2.45) is 0 Å². The second kappa shape index (κ2) is 9.49. The fourth-order valence-electron chi connectivity index (χ4n) is 2.76. The lowest BCUT2D eigenvalue weighted by molar-refractivity contribution is -0.122. The third-order valence-electron chi connectivity index (χ3n) is 4.37. The lowest BCUT2D eigenvalue weighted by Crippen LogP contribution is -2.15. The summed E-state index contributed by atoms with van der Waals surface area (Å²) in [4.78, 5) is 37.9. The summed E-state index contributed by atoms with van der Waals surface area (Å²) in [5.41, 5.74) is 0.468. The Morgan fingerprint density at radius 3 is 2.50 bits per heavy atom. The third kappa shape index (κ3) is 5.41. The van der Waals surface area contributed by atoms with Gasteiger partial charge in [-0.3, -0.25) is 14.4 Å². The van der Waals surface area contributed by atoms with Crippen LogP contribution in [0.3, 0.4) is 0 Å². The summed E-state index contributed by atoms with van der Waals surface area (Å²) in [6, 6.07) is 7.72. The van der Waals surface area contributed by atoms with E-state index in [2.05, 4.69) is 20.8 Å². The van der Waals surface area contributed by atoms with Gasteiger partial charge in [-0.25, -0.2) is 4.39 Å². The molecule has 30 heavy (non-hydrogen) atoms. The van der Waals surface area contributed by atoms with E-state index in [0.717, 1.165) is 4.88 Å². The van der Waals surface area contributed by atoms with E-state index in [1.165, 1.54) is 34.2 Å². The van der Waals surface area contributed by atoms with Gasteiger partial charge in [0.25, 0.3) is 0 Å². The second-order valence-electron chi connectivity index (χ2n) is 6.72. The molecule has 0 aliphatic carbocycles. The molecule has 0 unspecified atom stereocenters. The first-order chi connectivity index (χ1) is 14.3. The summed E-state index contributed by atoms with van der Waals surface area (Å²) in [6.45, 7) is 3.60. The minimum absolute atomic E-state index is 0.0179. The monoisotopic (exact) mass is 429 g/mol. The van der Waals surface area contributed by atoms with Crippen LogP contribution in [0.4, 0.5) is 10.1 Å². The van der Waals surface area contributed by atoms with Crippen LogP contribution >= 0.6 is 11.3 Å². The molecular formula is C20H20FN5O3S. The highest BCUT2D eigenvalue weighted by molar-refractivity contribution is 7.14. The number of anilines is 1. The molecule has 0 saturated carbocycles. The lowest BCUT2D eigenvalue weighted by atomic mass is 10.1. The summed E-state index contributed by atoms with van der Waals surface area (Å²) in [5.74, 6) is -0.862. The van der Waals surface area contributed by atoms with Crippen LogP contribution in [0.5, 0.6) is 0 Å². The molecule has 0 fully saturated rings. The smallest absolute Gasteiger partial charge is 0.224 e. The number of tetrazole rings is 1. The Hall–Kier alpha value is -3.27. The van der Waals surface area contributed by atoms with Crippen LogP contribution in [0.15, 0.2) is 30.3 Å². The summed E-state index contributed by atoms with van der Waals surface area (Å²) in [5, 5.41) is 13.6. The summed E-state index contributed by atoms with van der Waals surface area (Å²) >= 11 is 1.39. The zero-order valence-electron chi connectivity index (χ0n) is 16.5.